The van der Waals surface area contributed by atoms with Crippen LogP contribution in [0.2, 0.25) is 0 Å². The lowest BCUT2D eigenvalue weighted by Crippen LogP contribution is -2.25. The van der Waals surface area contributed by atoms with E-state index in [0.717, 1.165) is 19.3 Å². The lowest BCUT2D eigenvalue weighted by atomic mass is 9.97. The quantitative estimate of drug-likeness (QED) is 0.397. The van der Waals surface area contributed by atoms with Crippen LogP contribution in [0.25, 0.3) is 0 Å². The molecule has 0 heterocycles. The molecule has 0 aliphatic rings. The molecule has 0 bridgehead atoms. The molecule has 0 fully saturated rings. The summed E-state index contributed by atoms with van der Waals surface area (Å²) in [6, 6.07) is 0. The molecule has 3 heteroatoms. The maximum atomic E-state index is 11.4. The van der Waals surface area contributed by atoms with E-state index in [2.05, 4.69) is 6.92 Å². The summed E-state index contributed by atoms with van der Waals surface area (Å²) in [6.45, 7) is 7.37. The van der Waals surface area contributed by atoms with E-state index in [4.69, 9.17) is 4.74 Å². The molecule has 0 saturated carbocycles. The van der Waals surface area contributed by atoms with Gasteiger partial charge >= 0.3 is 11.9 Å². The Kier molecular flexibility index (Phi) is 7.02. The van der Waals surface area contributed by atoms with Crippen LogP contribution in [0.3, 0.4) is 0 Å². The van der Waals surface area contributed by atoms with E-state index in [9.17, 15) is 9.59 Å². The molecule has 0 atom stereocenters. The summed E-state index contributed by atoms with van der Waals surface area (Å²) in [5.74, 6) is -0.831. The predicted molar refractivity (Wildman–Crippen MR) is 63.9 cm³/mol. The Bertz CT molecular complexity index is 226. The Morgan fingerprint density at radius 3 is 2.06 bits per heavy atom. The molecule has 0 saturated heterocycles. The zero-order valence-electron chi connectivity index (χ0n) is 11.0. The average molecular weight is 228 g/mol. The fraction of sp³-hybridized carbons (Fsp3) is 0.846. The molecule has 94 valence electrons. The topological polar surface area (TPSA) is 43.4 Å². The Balaban J connectivity index is 3.63. The van der Waals surface area contributed by atoms with Crippen LogP contribution in [0.15, 0.2) is 0 Å². The first-order valence-electron chi connectivity index (χ1n) is 6.13. The second-order valence-electron chi connectivity index (χ2n) is 5.18. The molecular weight excluding hydrogens is 204 g/mol. The molecule has 16 heavy (non-hydrogen) atoms. The summed E-state index contributed by atoms with van der Waals surface area (Å²) in [5, 5.41) is 0. The standard InChI is InChI=1S/C13H24O3/c1-5-6-7-8-9-10-11(14)16-12(15)13(2,3)4/h5-10H2,1-4H3. The van der Waals surface area contributed by atoms with Crippen molar-refractivity contribution in [2.75, 3.05) is 0 Å². The number of carbonyl (C=O) groups excluding carboxylic acids is 2. The third-order valence-corrected chi connectivity index (χ3v) is 2.30. The van der Waals surface area contributed by atoms with Gasteiger partial charge in [0.1, 0.15) is 0 Å². The Hall–Kier alpha value is -0.860. The smallest absolute Gasteiger partial charge is 0.318 e. The van der Waals surface area contributed by atoms with Gasteiger partial charge in [0.2, 0.25) is 0 Å². The zero-order valence-corrected chi connectivity index (χ0v) is 11.0. The number of hydrogen-bond donors (Lipinski definition) is 0. The maximum Gasteiger partial charge on any atom is 0.318 e. The molecule has 0 aromatic carbocycles. The summed E-state index contributed by atoms with van der Waals surface area (Å²) in [4.78, 5) is 22.7. The molecule has 0 amide bonds. The average Bonchev–Trinajstić information content (AvgIpc) is 2.16. The maximum absolute atomic E-state index is 11.4. The highest BCUT2D eigenvalue weighted by molar-refractivity contribution is 5.88. The van der Waals surface area contributed by atoms with Gasteiger partial charge in [-0.05, 0) is 27.2 Å². The first-order chi connectivity index (χ1) is 7.38. The highest BCUT2D eigenvalue weighted by Crippen LogP contribution is 2.16. The van der Waals surface area contributed by atoms with E-state index in [1.807, 2.05) is 0 Å². The van der Waals surface area contributed by atoms with Crippen molar-refractivity contribution in [3.63, 3.8) is 0 Å². The fourth-order valence-corrected chi connectivity index (χ4v) is 1.18. The number of carbonyl (C=O) groups is 2. The van der Waals surface area contributed by atoms with E-state index < -0.39 is 17.4 Å². The number of hydrogen-bond acceptors (Lipinski definition) is 3. The van der Waals surface area contributed by atoms with Crippen LogP contribution < -0.4 is 0 Å². The van der Waals surface area contributed by atoms with Crippen molar-refractivity contribution in [2.24, 2.45) is 5.41 Å². The minimum atomic E-state index is -0.599. The van der Waals surface area contributed by atoms with Gasteiger partial charge in [0.15, 0.2) is 0 Å². The molecule has 0 unspecified atom stereocenters. The molecule has 0 aromatic rings. The lowest BCUT2D eigenvalue weighted by Gasteiger charge is -2.15. The van der Waals surface area contributed by atoms with Gasteiger partial charge in [-0.3, -0.25) is 9.59 Å². The van der Waals surface area contributed by atoms with Gasteiger partial charge in [0.25, 0.3) is 0 Å². The van der Waals surface area contributed by atoms with Crippen molar-refractivity contribution in [1.29, 1.82) is 0 Å². The van der Waals surface area contributed by atoms with Crippen LogP contribution in [0.4, 0.5) is 0 Å². The minimum Gasteiger partial charge on any atom is -0.393 e. The third kappa shape index (κ3) is 7.43. The van der Waals surface area contributed by atoms with Gasteiger partial charge < -0.3 is 4.74 Å². The molecule has 0 aliphatic heterocycles. The first kappa shape index (κ1) is 15.1. The second-order valence-corrected chi connectivity index (χ2v) is 5.18. The summed E-state index contributed by atoms with van der Waals surface area (Å²) in [5.41, 5.74) is -0.599. The number of unbranched alkanes of at least 4 members (excludes halogenated alkanes) is 4. The fourth-order valence-electron chi connectivity index (χ4n) is 1.18. The van der Waals surface area contributed by atoms with Crippen molar-refractivity contribution in [3.8, 4) is 0 Å². The minimum absolute atomic E-state index is 0.353. The summed E-state index contributed by atoms with van der Waals surface area (Å²) >= 11 is 0. The third-order valence-electron chi connectivity index (χ3n) is 2.30. The number of ether oxygens (including phenoxy) is 1. The van der Waals surface area contributed by atoms with Gasteiger partial charge in [-0.1, -0.05) is 32.6 Å². The zero-order chi connectivity index (χ0) is 12.6. The molecule has 0 spiro atoms. The predicted octanol–water partition coefficient (Wildman–Crippen LogP) is 3.46. The van der Waals surface area contributed by atoms with Crippen molar-refractivity contribution < 1.29 is 14.3 Å². The first-order valence-corrected chi connectivity index (χ1v) is 6.13. The molecule has 0 N–H and O–H groups in total. The molecular formula is C13H24O3. The van der Waals surface area contributed by atoms with Gasteiger partial charge in [0.05, 0.1) is 5.41 Å². The van der Waals surface area contributed by atoms with Crippen molar-refractivity contribution in [3.05, 3.63) is 0 Å². The highest BCUT2D eigenvalue weighted by Gasteiger charge is 2.25. The van der Waals surface area contributed by atoms with E-state index in [0.29, 0.717) is 6.42 Å². The van der Waals surface area contributed by atoms with Crippen LogP contribution in [-0.4, -0.2) is 11.9 Å². The molecule has 3 nitrogen and oxygen atoms in total. The van der Waals surface area contributed by atoms with Gasteiger partial charge in [-0.2, -0.15) is 0 Å². The van der Waals surface area contributed by atoms with Crippen LogP contribution >= 0.6 is 0 Å². The summed E-state index contributed by atoms with van der Waals surface area (Å²) in [6.07, 6.45) is 5.74. The van der Waals surface area contributed by atoms with Crippen molar-refractivity contribution >= 4 is 11.9 Å². The Morgan fingerprint density at radius 2 is 1.56 bits per heavy atom. The van der Waals surface area contributed by atoms with Crippen LogP contribution in [0.1, 0.15) is 66.2 Å². The van der Waals surface area contributed by atoms with Crippen LogP contribution in [0, 0.1) is 5.41 Å². The number of rotatable bonds is 6. The summed E-state index contributed by atoms with van der Waals surface area (Å²) < 4.78 is 4.74. The van der Waals surface area contributed by atoms with Gasteiger partial charge in [-0.25, -0.2) is 0 Å². The summed E-state index contributed by atoms with van der Waals surface area (Å²) in [7, 11) is 0. The molecule has 0 aliphatic carbocycles. The molecule has 0 rings (SSSR count). The Labute approximate surface area is 98.6 Å². The van der Waals surface area contributed by atoms with Gasteiger partial charge in [-0.15, -0.1) is 0 Å². The van der Waals surface area contributed by atoms with Crippen molar-refractivity contribution in [1.82, 2.24) is 0 Å². The molecule has 0 radical (unpaired) electrons. The number of esters is 2. The van der Waals surface area contributed by atoms with Crippen LogP contribution in [0.5, 0.6) is 0 Å². The largest absolute Gasteiger partial charge is 0.393 e. The SMILES string of the molecule is CCCCCCCC(=O)OC(=O)C(C)(C)C. The van der Waals surface area contributed by atoms with Gasteiger partial charge in [0, 0.05) is 6.42 Å². The highest BCUT2D eigenvalue weighted by atomic mass is 16.6. The Morgan fingerprint density at radius 1 is 1.00 bits per heavy atom. The van der Waals surface area contributed by atoms with Crippen molar-refractivity contribution in [2.45, 2.75) is 66.2 Å². The van der Waals surface area contributed by atoms with E-state index >= 15 is 0 Å². The monoisotopic (exact) mass is 228 g/mol. The lowest BCUT2D eigenvalue weighted by molar-refractivity contribution is -0.165. The second kappa shape index (κ2) is 7.42. The van der Waals surface area contributed by atoms with E-state index in [-0.39, 0.29) is 0 Å². The van der Waals surface area contributed by atoms with E-state index in [1.54, 1.807) is 20.8 Å². The van der Waals surface area contributed by atoms with Crippen LogP contribution in [-0.2, 0) is 14.3 Å². The normalized spacial score (nSPS) is 11.2. The molecule has 0 aromatic heterocycles. The van der Waals surface area contributed by atoms with E-state index in [1.165, 1.54) is 12.8 Å².